The molecule has 0 radical (unpaired) electrons. The number of piperidine rings is 1. The predicted molar refractivity (Wildman–Crippen MR) is 93.4 cm³/mol. The molecule has 1 amide bonds. The molecule has 1 aliphatic rings. The summed E-state index contributed by atoms with van der Waals surface area (Å²) in [6, 6.07) is 9.95. The van der Waals surface area contributed by atoms with Crippen molar-refractivity contribution in [2.24, 2.45) is 11.7 Å². The van der Waals surface area contributed by atoms with Crippen molar-refractivity contribution >= 4 is 5.91 Å². The lowest BCUT2D eigenvalue weighted by Crippen LogP contribution is -2.39. The summed E-state index contributed by atoms with van der Waals surface area (Å²) in [5.74, 6) is 1.81. The van der Waals surface area contributed by atoms with Crippen LogP contribution in [-0.2, 0) is 4.79 Å². The van der Waals surface area contributed by atoms with Crippen LogP contribution >= 0.6 is 0 Å². The fourth-order valence-corrected chi connectivity index (χ4v) is 3.01. The summed E-state index contributed by atoms with van der Waals surface area (Å²) < 4.78 is 5.83. The highest BCUT2D eigenvalue weighted by atomic mass is 16.5. The molecule has 0 saturated carbocycles. The van der Waals surface area contributed by atoms with E-state index in [1.54, 1.807) is 0 Å². The Morgan fingerprint density at radius 1 is 1.09 bits per heavy atom. The molecule has 1 aromatic carbocycles. The van der Waals surface area contributed by atoms with E-state index in [2.05, 4.69) is 0 Å². The zero-order chi connectivity index (χ0) is 16.3. The average molecular weight is 318 g/mol. The van der Waals surface area contributed by atoms with E-state index in [-0.39, 0.29) is 0 Å². The monoisotopic (exact) mass is 318 g/mol. The third kappa shape index (κ3) is 6.61. The zero-order valence-corrected chi connectivity index (χ0v) is 14.1. The van der Waals surface area contributed by atoms with Crippen LogP contribution < -0.4 is 10.5 Å². The number of para-hydroxylation sites is 1. The van der Waals surface area contributed by atoms with Gasteiger partial charge in [-0.1, -0.05) is 31.0 Å². The Bertz CT molecular complexity index is 442. The molecule has 2 N–H and O–H groups in total. The summed E-state index contributed by atoms with van der Waals surface area (Å²) in [7, 11) is 0. The minimum absolute atomic E-state index is 0.320. The first kappa shape index (κ1) is 17.8. The van der Waals surface area contributed by atoms with E-state index >= 15 is 0 Å². The van der Waals surface area contributed by atoms with Gasteiger partial charge in [0, 0.05) is 19.5 Å². The first-order chi connectivity index (χ1) is 11.3. The molecular weight excluding hydrogens is 288 g/mol. The predicted octanol–water partition coefficient (Wildman–Crippen LogP) is 3.21. The number of benzene rings is 1. The van der Waals surface area contributed by atoms with E-state index < -0.39 is 0 Å². The molecule has 1 aromatic rings. The Kier molecular flexibility index (Phi) is 7.95. The number of likely N-dealkylation sites (tertiary alicyclic amines) is 1. The highest BCUT2D eigenvalue weighted by molar-refractivity contribution is 5.76. The summed E-state index contributed by atoms with van der Waals surface area (Å²) in [5.41, 5.74) is 5.48. The van der Waals surface area contributed by atoms with Crippen molar-refractivity contribution in [2.45, 2.75) is 44.9 Å². The maximum absolute atomic E-state index is 12.2. The number of unbranched alkanes of at least 4 members (excludes halogenated alkanes) is 3. The molecule has 0 aliphatic carbocycles. The quantitative estimate of drug-likeness (QED) is 0.711. The summed E-state index contributed by atoms with van der Waals surface area (Å²) in [6.07, 6.45) is 7.11. The number of hydrogen-bond acceptors (Lipinski definition) is 3. The zero-order valence-electron chi connectivity index (χ0n) is 14.1. The van der Waals surface area contributed by atoms with Gasteiger partial charge in [-0.3, -0.25) is 4.79 Å². The summed E-state index contributed by atoms with van der Waals surface area (Å²) in [6.45, 7) is 3.27. The van der Waals surface area contributed by atoms with E-state index in [1.165, 1.54) is 0 Å². The molecule has 0 bridgehead atoms. The number of amides is 1. The third-order valence-corrected chi connectivity index (χ3v) is 4.54. The first-order valence-electron chi connectivity index (χ1n) is 8.95. The number of nitrogens with two attached hydrogens (primary N) is 1. The fourth-order valence-electron chi connectivity index (χ4n) is 3.01. The third-order valence-electron chi connectivity index (χ3n) is 4.54. The highest BCUT2D eigenvalue weighted by Crippen LogP contribution is 2.20. The van der Waals surface area contributed by atoms with Crippen molar-refractivity contribution in [1.82, 2.24) is 4.90 Å². The maximum Gasteiger partial charge on any atom is 0.222 e. The van der Waals surface area contributed by atoms with Crippen LogP contribution in [0.4, 0.5) is 0 Å². The second kappa shape index (κ2) is 10.3. The van der Waals surface area contributed by atoms with E-state index in [4.69, 9.17) is 10.5 Å². The topological polar surface area (TPSA) is 55.6 Å². The molecule has 23 heavy (non-hydrogen) atoms. The Balaban J connectivity index is 1.58. The number of carbonyl (C=O) groups excluding carboxylic acids is 1. The molecule has 1 heterocycles. The van der Waals surface area contributed by atoms with Gasteiger partial charge in [-0.2, -0.15) is 0 Å². The number of hydrogen-bond donors (Lipinski definition) is 1. The standard InChI is InChI=1S/C19H30N2O2/c20-13-7-2-1-6-10-19(22)21-14-11-17(12-15-21)16-23-18-8-4-3-5-9-18/h3-5,8-9,17H,1-2,6-7,10-16,20H2. The van der Waals surface area contributed by atoms with Crippen LogP contribution in [0.1, 0.15) is 44.9 Å². The Hall–Kier alpha value is -1.55. The van der Waals surface area contributed by atoms with E-state index in [0.717, 1.165) is 70.5 Å². The molecule has 2 rings (SSSR count). The van der Waals surface area contributed by atoms with E-state index in [1.807, 2.05) is 35.2 Å². The smallest absolute Gasteiger partial charge is 0.222 e. The fraction of sp³-hybridized carbons (Fsp3) is 0.632. The van der Waals surface area contributed by atoms with Crippen LogP contribution in [0.15, 0.2) is 30.3 Å². The molecule has 1 fully saturated rings. The van der Waals surface area contributed by atoms with Crippen LogP contribution in [0, 0.1) is 5.92 Å². The van der Waals surface area contributed by atoms with Crippen molar-refractivity contribution in [2.75, 3.05) is 26.2 Å². The van der Waals surface area contributed by atoms with Gasteiger partial charge >= 0.3 is 0 Å². The molecule has 0 spiro atoms. The van der Waals surface area contributed by atoms with Gasteiger partial charge in [0.2, 0.25) is 5.91 Å². The van der Waals surface area contributed by atoms with E-state index in [0.29, 0.717) is 18.2 Å². The molecule has 0 aromatic heterocycles. The second-order valence-corrected chi connectivity index (χ2v) is 6.40. The lowest BCUT2D eigenvalue weighted by Gasteiger charge is -2.32. The molecule has 1 saturated heterocycles. The largest absolute Gasteiger partial charge is 0.493 e. The minimum atomic E-state index is 0.320. The van der Waals surface area contributed by atoms with Crippen molar-refractivity contribution in [1.29, 1.82) is 0 Å². The summed E-state index contributed by atoms with van der Waals surface area (Å²) in [5, 5.41) is 0. The van der Waals surface area contributed by atoms with Gasteiger partial charge in [0.15, 0.2) is 0 Å². The van der Waals surface area contributed by atoms with Gasteiger partial charge in [0.05, 0.1) is 6.61 Å². The summed E-state index contributed by atoms with van der Waals surface area (Å²) >= 11 is 0. The molecule has 4 heteroatoms. The maximum atomic E-state index is 12.2. The average Bonchev–Trinajstić information content (AvgIpc) is 2.61. The van der Waals surface area contributed by atoms with Gasteiger partial charge in [0.1, 0.15) is 5.75 Å². The van der Waals surface area contributed by atoms with Crippen LogP contribution in [-0.4, -0.2) is 37.0 Å². The van der Waals surface area contributed by atoms with E-state index in [9.17, 15) is 4.79 Å². The van der Waals surface area contributed by atoms with Gasteiger partial charge < -0.3 is 15.4 Å². The lowest BCUT2D eigenvalue weighted by molar-refractivity contribution is -0.132. The normalized spacial score (nSPS) is 15.6. The van der Waals surface area contributed by atoms with Crippen LogP contribution in [0.25, 0.3) is 0 Å². The number of rotatable bonds is 9. The molecule has 0 atom stereocenters. The summed E-state index contributed by atoms with van der Waals surface area (Å²) in [4.78, 5) is 14.2. The molecule has 4 nitrogen and oxygen atoms in total. The van der Waals surface area contributed by atoms with Gasteiger partial charge in [0.25, 0.3) is 0 Å². The Morgan fingerprint density at radius 3 is 2.48 bits per heavy atom. The van der Waals surface area contributed by atoms with Crippen LogP contribution in [0.2, 0.25) is 0 Å². The number of nitrogens with zero attached hydrogens (tertiary/aromatic N) is 1. The molecule has 0 unspecified atom stereocenters. The highest BCUT2D eigenvalue weighted by Gasteiger charge is 2.22. The number of ether oxygens (including phenoxy) is 1. The van der Waals surface area contributed by atoms with Gasteiger partial charge in [-0.15, -0.1) is 0 Å². The van der Waals surface area contributed by atoms with Crippen LogP contribution in [0.5, 0.6) is 5.75 Å². The number of carbonyl (C=O) groups is 1. The second-order valence-electron chi connectivity index (χ2n) is 6.40. The van der Waals surface area contributed by atoms with Crippen molar-refractivity contribution in [3.63, 3.8) is 0 Å². The molecule has 1 aliphatic heterocycles. The van der Waals surface area contributed by atoms with Gasteiger partial charge in [-0.05, 0) is 50.3 Å². The van der Waals surface area contributed by atoms with Gasteiger partial charge in [-0.25, -0.2) is 0 Å². The lowest BCUT2D eigenvalue weighted by atomic mass is 9.97. The Labute approximate surface area is 140 Å². The minimum Gasteiger partial charge on any atom is -0.493 e. The molecular formula is C19H30N2O2. The first-order valence-corrected chi connectivity index (χ1v) is 8.95. The van der Waals surface area contributed by atoms with Crippen molar-refractivity contribution in [3.8, 4) is 5.75 Å². The van der Waals surface area contributed by atoms with Crippen LogP contribution in [0.3, 0.4) is 0 Å². The SMILES string of the molecule is NCCCCCCC(=O)N1CCC(COc2ccccc2)CC1. The Morgan fingerprint density at radius 2 is 1.78 bits per heavy atom. The molecule has 128 valence electrons. The van der Waals surface area contributed by atoms with Crippen molar-refractivity contribution < 1.29 is 9.53 Å². The van der Waals surface area contributed by atoms with Crippen molar-refractivity contribution in [3.05, 3.63) is 30.3 Å².